The van der Waals surface area contributed by atoms with Crippen molar-refractivity contribution in [2.24, 2.45) is 0 Å². The van der Waals surface area contributed by atoms with Crippen molar-refractivity contribution in [3.63, 3.8) is 0 Å². The molecule has 0 atom stereocenters. The van der Waals surface area contributed by atoms with Crippen LogP contribution in [0.2, 0.25) is 0 Å². The van der Waals surface area contributed by atoms with Crippen LogP contribution in [0.1, 0.15) is 0 Å². The van der Waals surface area contributed by atoms with Gasteiger partial charge in [0, 0.05) is 0 Å². The average molecular weight is 192 g/mol. The minimum absolute atomic E-state index is 0.527. The fourth-order valence-electron chi connectivity index (χ4n) is 1.13. The van der Waals surface area contributed by atoms with Gasteiger partial charge < -0.3 is 4.74 Å². The summed E-state index contributed by atoms with van der Waals surface area (Å²) in [5.41, 5.74) is 1.87. The summed E-state index contributed by atoms with van der Waals surface area (Å²) in [4.78, 5) is 11.0. The number of rotatable bonds is 1. The minimum atomic E-state index is -0.527. The smallest absolute Gasteiger partial charge is 0.411 e. The van der Waals surface area contributed by atoms with Gasteiger partial charge in [0.15, 0.2) is 0 Å². The second-order valence-electron chi connectivity index (χ2n) is 2.61. The zero-order valence-corrected chi connectivity index (χ0v) is 7.44. The molecule has 0 saturated heterocycles. The molecule has 0 fully saturated rings. The molecule has 0 unspecified atom stereocenters. The van der Waals surface area contributed by atoms with Crippen molar-refractivity contribution < 1.29 is 9.53 Å². The summed E-state index contributed by atoms with van der Waals surface area (Å²) in [6.45, 7) is 0. The Kier molecular flexibility index (Phi) is 2.02. The Labute approximate surface area is 79.3 Å². The van der Waals surface area contributed by atoms with E-state index in [1.54, 1.807) is 18.2 Å². The lowest BCUT2D eigenvalue weighted by atomic mass is 10.3. The summed E-state index contributed by atoms with van der Waals surface area (Å²) < 4.78 is 4.47. The number of H-pyrrole nitrogens is 1. The van der Waals surface area contributed by atoms with Crippen molar-refractivity contribution in [1.29, 1.82) is 0 Å². The zero-order valence-electron chi connectivity index (χ0n) is 7.44. The van der Waals surface area contributed by atoms with Crippen LogP contribution in [-0.4, -0.2) is 28.6 Å². The molecule has 1 heterocycles. The number of hydrogen-bond acceptors (Lipinski definition) is 4. The number of carbonyl (C=O) groups excluding carboxylic acids is 1. The van der Waals surface area contributed by atoms with E-state index in [4.69, 9.17) is 0 Å². The first-order valence-corrected chi connectivity index (χ1v) is 3.95. The maximum atomic E-state index is 11.0. The molecule has 6 nitrogen and oxygen atoms in total. The number of fused-ring (bicyclic) bond motifs is 1. The molecule has 0 aliphatic rings. The van der Waals surface area contributed by atoms with Crippen molar-refractivity contribution in [3.8, 4) is 0 Å². The lowest BCUT2D eigenvalue weighted by molar-refractivity contribution is 0.187. The predicted molar refractivity (Wildman–Crippen MR) is 49.9 cm³/mol. The molecule has 14 heavy (non-hydrogen) atoms. The third kappa shape index (κ3) is 1.37. The molecule has 0 radical (unpaired) electrons. The Morgan fingerprint density at radius 1 is 1.50 bits per heavy atom. The first kappa shape index (κ1) is 8.49. The fourth-order valence-corrected chi connectivity index (χ4v) is 1.13. The number of carbonyl (C=O) groups is 1. The van der Waals surface area contributed by atoms with E-state index in [-0.39, 0.29) is 0 Å². The highest BCUT2D eigenvalue weighted by Crippen LogP contribution is 2.18. The molecule has 0 spiro atoms. The van der Waals surface area contributed by atoms with Gasteiger partial charge >= 0.3 is 6.09 Å². The maximum Gasteiger partial charge on any atom is 0.411 e. The van der Waals surface area contributed by atoms with Gasteiger partial charge in [-0.25, -0.2) is 4.79 Å². The van der Waals surface area contributed by atoms with Gasteiger partial charge in [-0.2, -0.15) is 15.4 Å². The highest BCUT2D eigenvalue weighted by molar-refractivity contribution is 5.96. The van der Waals surface area contributed by atoms with Crippen molar-refractivity contribution in [3.05, 3.63) is 18.2 Å². The average Bonchev–Trinajstić information content (AvgIpc) is 2.66. The van der Waals surface area contributed by atoms with Crippen LogP contribution in [0.5, 0.6) is 0 Å². The molecule has 2 rings (SSSR count). The number of aromatic nitrogens is 3. The summed E-state index contributed by atoms with van der Waals surface area (Å²) in [5, 5.41) is 12.8. The molecule has 72 valence electrons. The molecule has 6 heteroatoms. The summed E-state index contributed by atoms with van der Waals surface area (Å²) in [6.07, 6.45) is -0.527. The Bertz CT molecular complexity index is 465. The van der Waals surface area contributed by atoms with Crippen LogP contribution in [0, 0.1) is 0 Å². The lowest BCUT2D eigenvalue weighted by Crippen LogP contribution is -2.11. The van der Waals surface area contributed by atoms with Crippen LogP contribution in [0.25, 0.3) is 11.0 Å². The van der Waals surface area contributed by atoms with Gasteiger partial charge in [-0.3, -0.25) is 5.32 Å². The molecule has 0 aliphatic carbocycles. The van der Waals surface area contributed by atoms with Crippen molar-refractivity contribution in [2.45, 2.75) is 0 Å². The number of ether oxygens (including phenoxy) is 1. The Morgan fingerprint density at radius 3 is 3.14 bits per heavy atom. The number of nitrogens with zero attached hydrogens (tertiary/aromatic N) is 2. The van der Waals surface area contributed by atoms with Crippen molar-refractivity contribution in [1.82, 2.24) is 15.4 Å². The van der Waals surface area contributed by atoms with Gasteiger partial charge in [0.25, 0.3) is 0 Å². The molecule has 2 N–H and O–H groups in total. The maximum absolute atomic E-state index is 11.0. The molecule has 0 saturated carbocycles. The van der Waals surface area contributed by atoms with Gasteiger partial charge in [-0.1, -0.05) is 6.07 Å². The highest BCUT2D eigenvalue weighted by Gasteiger charge is 2.07. The molecule has 1 amide bonds. The van der Waals surface area contributed by atoms with E-state index in [2.05, 4.69) is 25.5 Å². The molecule has 0 bridgehead atoms. The van der Waals surface area contributed by atoms with E-state index in [0.29, 0.717) is 16.7 Å². The summed E-state index contributed by atoms with van der Waals surface area (Å²) in [7, 11) is 1.30. The van der Waals surface area contributed by atoms with Crippen LogP contribution in [0.4, 0.5) is 10.5 Å². The fraction of sp³-hybridized carbons (Fsp3) is 0.125. The first-order valence-electron chi connectivity index (χ1n) is 3.95. The molecule has 1 aromatic carbocycles. The molecule has 0 aliphatic heterocycles. The van der Waals surface area contributed by atoms with Gasteiger partial charge in [-0.15, -0.1) is 0 Å². The summed E-state index contributed by atoms with van der Waals surface area (Å²) >= 11 is 0. The molecular formula is C8H8N4O2. The number of hydrogen-bond donors (Lipinski definition) is 2. The van der Waals surface area contributed by atoms with Gasteiger partial charge in [0.2, 0.25) is 0 Å². The number of anilines is 1. The van der Waals surface area contributed by atoms with E-state index in [1.165, 1.54) is 7.11 Å². The Balaban J connectivity index is 2.41. The standard InChI is InChI=1S/C8H8N4O2/c1-14-8(13)9-5-3-2-4-6-7(5)11-12-10-6/h2-4H,1H3,(H,9,13)(H,10,11,12). The van der Waals surface area contributed by atoms with Crippen LogP contribution in [0.3, 0.4) is 0 Å². The van der Waals surface area contributed by atoms with E-state index in [1.807, 2.05) is 0 Å². The number of amides is 1. The van der Waals surface area contributed by atoms with E-state index in [0.717, 1.165) is 0 Å². The van der Waals surface area contributed by atoms with E-state index >= 15 is 0 Å². The van der Waals surface area contributed by atoms with Gasteiger partial charge in [-0.05, 0) is 12.1 Å². The Morgan fingerprint density at radius 2 is 2.36 bits per heavy atom. The van der Waals surface area contributed by atoms with Crippen LogP contribution >= 0.6 is 0 Å². The molecular weight excluding hydrogens is 184 g/mol. The lowest BCUT2D eigenvalue weighted by Gasteiger charge is -2.02. The number of benzene rings is 1. The SMILES string of the molecule is COC(=O)Nc1cccc2n[nH]nc12. The van der Waals surface area contributed by atoms with Crippen LogP contribution in [0.15, 0.2) is 18.2 Å². The van der Waals surface area contributed by atoms with E-state index in [9.17, 15) is 4.79 Å². The number of aromatic amines is 1. The second-order valence-corrected chi connectivity index (χ2v) is 2.61. The van der Waals surface area contributed by atoms with Gasteiger partial charge in [0.1, 0.15) is 11.0 Å². The minimum Gasteiger partial charge on any atom is -0.453 e. The third-order valence-corrected chi connectivity index (χ3v) is 1.77. The predicted octanol–water partition coefficient (Wildman–Crippen LogP) is 1.14. The third-order valence-electron chi connectivity index (χ3n) is 1.77. The molecule has 1 aromatic heterocycles. The Hall–Kier alpha value is -2.11. The monoisotopic (exact) mass is 192 g/mol. The summed E-state index contributed by atoms with van der Waals surface area (Å²) in [5.74, 6) is 0. The first-order chi connectivity index (χ1) is 6.81. The largest absolute Gasteiger partial charge is 0.453 e. The van der Waals surface area contributed by atoms with Gasteiger partial charge in [0.05, 0.1) is 12.8 Å². The van der Waals surface area contributed by atoms with Crippen molar-refractivity contribution >= 4 is 22.8 Å². The number of methoxy groups -OCH3 is 1. The highest BCUT2D eigenvalue weighted by atomic mass is 16.5. The van der Waals surface area contributed by atoms with Crippen LogP contribution in [-0.2, 0) is 4.74 Å². The number of para-hydroxylation sites is 1. The second kappa shape index (κ2) is 3.33. The zero-order chi connectivity index (χ0) is 9.97. The summed E-state index contributed by atoms with van der Waals surface area (Å²) in [6, 6.07) is 5.29. The topological polar surface area (TPSA) is 79.9 Å². The normalized spacial score (nSPS) is 10.1. The van der Waals surface area contributed by atoms with Crippen LogP contribution < -0.4 is 5.32 Å². The van der Waals surface area contributed by atoms with Crippen molar-refractivity contribution in [2.75, 3.05) is 12.4 Å². The quantitative estimate of drug-likeness (QED) is 0.709. The molecule has 2 aromatic rings. The van der Waals surface area contributed by atoms with E-state index < -0.39 is 6.09 Å². The number of nitrogens with one attached hydrogen (secondary N) is 2.